The van der Waals surface area contributed by atoms with Crippen molar-refractivity contribution in [3.63, 3.8) is 0 Å². The van der Waals surface area contributed by atoms with E-state index in [0.717, 1.165) is 0 Å². The predicted molar refractivity (Wildman–Crippen MR) is 149 cm³/mol. The number of guanidine groups is 1. The molecule has 0 aromatic heterocycles. The van der Waals surface area contributed by atoms with E-state index in [4.69, 9.17) is 19.9 Å². The van der Waals surface area contributed by atoms with E-state index in [0.29, 0.717) is 47.8 Å². The van der Waals surface area contributed by atoms with Gasteiger partial charge in [-0.25, -0.2) is 4.99 Å². The summed E-state index contributed by atoms with van der Waals surface area (Å²) in [5.41, 5.74) is 6.67. The number of amides is 2. The van der Waals surface area contributed by atoms with Crippen molar-refractivity contribution in [3.05, 3.63) is 59.2 Å². The zero-order valence-electron chi connectivity index (χ0n) is 23.6. The van der Waals surface area contributed by atoms with Crippen LogP contribution in [0.5, 0.6) is 11.5 Å². The van der Waals surface area contributed by atoms with Crippen LogP contribution < -0.4 is 20.5 Å². The number of aliphatic hydroxyl groups excluding tert-OH is 1. The fourth-order valence-electron chi connectivity index (χ4n) is 5.83. The van der Waals surface area contributed by atoms with Gasteiger partial charge in [-0.1, -0.05) is 25.1 Å². The van der Waals surface area contributed by atoms with Crippen LogP contribution in [0.25, 0.3) is 0 Å². The number of benzene rings is 2. The van der Waals surface area contributed by atoms with Crippen molar-refractivity contribution in [1.29, 1.82) is 0 Å². The molecule has 4 N–H and O–H groups in total. The second-order valence-corrected chi connectivity index (χ2v) is 11.6. The molecule has 5 atom stereocenters. The van der Waals surface area contributed by atoms with Crippen LogP contribution in [0.4, 0.5) is 0 Å². The van der Waals surface area contributed by atoms with Crippen molar-refractivity contribution in [1.82, 2.24) is 10.2 Å². The van der Waals surface area contributed by atoms with Crippen LogP contribution >= 0.6 is 0 Å². The van der Waals surface area contributed by atoms with Gasteiger partial charge >= 0.3 is 0 Å². The van der Waals surface area contributed by atoms with E-state index in [1.54, 1.807) is 39.2 Å². The van der Waals surface area contributed by atoms with E-state index < -0.39 is 29.3 Å². The fourth-order valence-corrected chi connectivity index (χ4v) is 5.83. The standard InChI is InChI=1S/C30H38N4O6/c1-6-30(4)14-23(35)34(28(31)33-30)25-18(15-38-5)16-39-21-12-11-17(13-20(21)25)27(37)32-24-19-9-7-8-10-22(19)40-29(2,3)26(24)36/h7-13,18,24-26,36H,6,14-16H2,1-5H3,(H2,31,33)(H,32,37)/t18-,24+,25+,26-,30+/m0/s1. The van der Waals surface area contributed by atoms with Gasteiger partial charge in [0.05, 0.1) is 37.3 Å². The van der Waals surface area contributed by atoms with Gasteiger partial charge < -0.3 is 30.4 Å². The Morgan fingerprint density at radius 3 is 2.65 bits per heavy atom. The first-order valence-corrected chi connectivity index (χ1v) is 13.7. The van der Waals surface area contributed by atoms with Crippen LogP contribution in [0.3, 0.4) is 0 Å². The lowest BCUT2D eigenvalue weighted by molar-refractivity contribution is -0.133. The molecule has 2 amide bonds. The highest BCUT2D eigenvalue weighted by Crippen LogP contribution is 2.43. The Hall–Kier alpha value is -3.63. The van der Waals surface area contributed by atoms with Gasteiger partial charge in [-0.2, -0.15) is 0 Å². The van der Waals surface area contributed by atoms with Gasteiger partial charge in [-0.3, -0.25) is 14.5 Å². The third-order valence-electron chi connectivity index (χ3n) is 8.28. The lowest BCUT2D eigenvalue weighted by Gasteiger charge is -2.44. The van der Waals surface area contributed by atoms with Crippen LogP contribution in [-0.2, 0) is 9.53 Å². The van der Waals surface area contributed by atoms with Crippen LogP contribution in [0.2, 0.25) is 0 Å². The predicted octanol–water partition coefficient (Wildman–Crippen LogP) is 3.10. The highest BCUT2D eigenvalue weighted by Gasteiger charge is 2.45. The summed E-state index contributed by atoms with van der Waals surface area (Å²) in [6, 6.07) is 11.3. The Labute approximate surface area is 234 Å². The zero-order valence-corrected chi connectivity index (χ0v) is 23.6. The van der Waals surface area contributed by atoms with Gasteiger partial charge in [0.1, 0.15) is 23.2 Å². The maximum Gasteiger partial charge on any atom is 0.251 e. The summed E-state index contributed by atoms with van der Waals surface area (Å²) >= 11 is 0. The van der Waals surface area contributed by atoms with Gasteiger partial charge in [0.2, 0.25) is 5.91 Å². The average molecular weight is 551 g/mol. The second kappa shape index (κ2) is 10.4. The topological polar surface area (TPSA) is 136 Å². The van der Waals surface area contributed by atoms with Crippen molar-refractivity contribution in [2.24, 2.45) is 16.6 Å². The number of aliphatic hydroxyl groups is 1. The number of para-hydroxylation sites is 1. The SMILES string of the molecule is CC[C@]1(C)CC(=O)N([C@H]2c3cc(C(=O)N[C@@H]4c5ccccc5OC(C)(C)[C@H]4O)ccc3OC[C@@H]2COC)C(N)=N1. The molecule has 0 spiro atoms. The van der Waals surface area contributed by atoms with Crippen LogP contribution in [0, 0.1) is 5.92 Å². The summed E-state index contributed by atoms with van der Waals surface area (Å²) in [5.74, 6) is 0.591. The van der Waals surface area contributed by atoms with Crippen molar-refractivity contribution in [3.8, 4) is 11.5 Å². The summed E-state index contributed by atoms with van der Waals surface area (Å²) in [4.78, 5) is 33.4. The second-order valence-electron chi connectivity index (χ2n) is 11.6. The number of ether oxygens (including phenoxy) is 3. The Morgan fingerprint density at radius 2 is 1.95 bits per heavy atom. The van der Waals surface area contributed by atoms with Crippen molar-refractivity contribution in [2.75, 3.05) is 20.3 Å². The number of carbonyl (C=O) groups is 2. The lowest BCUT2D eigenvalue weighted by Crippen LogP contribution is -2.55. The number of carbonyl (C=O) groups excluding carboxylic acids is 2. The minimum absolute atomic E-state index is 0.130. The molecule has 2 aromatic carbocycles. The summed E-state index contributed by atoms with van der Waals surface area (Å²) < 4.78 is 17.5. The first-order valence-electron chi connectivity index (χ1n) is 13.7. The molecule has 10 heteroatoms. The van der Waals surface area contributed by atoms with E-state index >= 15 is 0 Å². The number of nitrogens with zero attached hydrogens (tertiary/aromatic N) is 2. The number of methoxy groups -OCH3 is 1. The normalized spacial score (nSPS) is 28.9. The molecule has 40 heavy (non-hydrogen) atoms. The van der Waals surface area contributed by atoms with E-state index in [-0.39, 0.29) is 30.1 Å². The molecule has 0 bridgehead atoms. The summed E-state index contributed by atoms with van der Waals surface area (Å²) in [5, 5.41) is 14.1. The van der Waals surface area contributed by atoms with Crippen LogP contribution in [0.15, 0.2) is 47.5 Å². The van der Waals surface area contributed by atoms with Gasteiger partial charge in [0.15, 0.2) is 5.96 Å². The van der Waals surface area contributed by atoms with Crippen molar-refractivity contribution < 1.29 is 28.9 Å². The number of aliphatic imine (C=N–C) groups is 1. The highest BCUT2D eigenvalue weighted by molar-refractivity contribution is 6.00. The molecule has 2 aromatic rings. The van der Waals surface area contributed by atoms with Gasteiger partial charge in [0.25, 0.3) is 5.91 Å². The maximum absolute atomic E-state index is 13.7. The largest absolute Gasteiger partial charge is 0.493 e. The van der Waals surface area contributed by atoms with Crippen LogP contribution in [0.1, 0.15) is 74.1 Å². The quantitative estimate of drug-likeness (QED) is 0.503. The van der Waals surface area contributed by atoms with Gasteiger partial charge in [0, 0.05) is 29.7 Å². The van der Waals surface area contributed by atoms with Gasteiger partial charge in [-0.05, 0) is 51.5 Å². The molecule has 3 aliphatic heterocycles. The summed E-state index contributed by atoms with van der Waals surface area (Å²) in [6.07, 6.45) is -0.0734. The number of rotatable bonds is 6. The first kappa shape index (κ1) is 27.9. The molecule has 5 rings (SSSR count). The number of nitrogens with one attached hydrogen (secondary N) is 1. The van der Waals surface area contributed by atoms with E-state index in [1.165, 1.54) is 4.90 Å². The molecule has 214 valence electrons. The Balaban J connectivity index is 1.51. The highest BCUT2D eigenvalue weighted by atomic mass is 16.5. The number of nitrogens with two attached hydrogens (primary N) is 1. The minimum Gasteiger partial charge on any atom is -0.493 e. The zero-order chi connectivity index (χ0) is 28.8. The molecule has 0 aliphatic carbocycles. The number of hydrogen-bond donors (Lipinski definition) is 3. The Kier molecular flexibility index (Phi) is 7.26. The Bertz CT molecular complexity index is 1340. The Morgan fingerprint density at radius 1 is 1.20 bits per heavy atom. The molecule has 0 saturated carbocycles. The molecule has 3 aliphatic rings. The molecule has 3 heterocycles. The minimum atomic E-state index is -0.985. The maximum atomic E-state index is 13.7. The third kappa shape index (κ3) is 4.90. The molecular weight excluding hydrogens is 512 g/mol. The molecule has 0 fully saturated rings. The average Bonchev–Trinajstić information content (AvgIpc) is 2.91. The van der Waals surface area contributed by atoms with E-state index in [1.807, 2.05) is 38.1 Å². The summed E-state index contributed by atoms with van der Waals surface area (Å²) in [7, 11) is 1.60. The van der Waals surface area contributed by atoms with Gasteiger partial charge in [-0.15, -0.1) is 0 Å². The fraction of sp³-hybridized carbons (Fsp3) is 0.500. The molecular formula is C30H38N4O6. The molecule has 0 radical (unpaired) electrons. The van der Waals surface area contributed by atoms with E-state index in [2.05, 4.69) is 10.3 Å². The third-order valence-corrected chi connectivity index (χ3v) is 8.28. The number of hydrogen-bond acceptors (Lipinski definition) is 8. The molecule has 0 unspecified atom stereocenters. The van der Waals surface area contributed by atoms with Crippen LogP contribution in [-0.4, -0.2) is 65.3 Å². The monoisotopic (exact) mass is 550 g/mol. The van der Waals surface area contributed by atoms with Crippen molar-refractivity contribution in [2.45, 2.75) is 69.9 Å². The summed E-state index contributed by atoms with van der Waals surface area (Å²) in [6.45, 7) is 8.12. The van der Waals surface area contributed by atoms with E-state index in [9.17, 15) is 14.7 Å². The first-order chi connectivity index (χ1) is 19.0. The molecule has 10 nitrogen and oxygen atoms in total. The molecule has 0 saturated heterocycles. The number of fused-ring (bicyclic) bond motifs is 2. The smallest absolute Gasteiger partial charge is 0.251 e. The lowest BCUT2D eigenvalue weighted by atomic mass is 9.85. The van der Waals surface area contributed by atoms with Crippen molar-refractivity contribution >= 4 is 17.8 Å².